The van der Waals surface area contributed by atoms with Crippen LogP contribution in [0.3, 0.4) is 0 Å². The zero-order valence-electron chi connectivity index (χ0n) is 8.92. The Morgan fingerprint density at radius 2 is 2.31 bits per heavy atom. The van der Waals surface area contributed by atoms with Gasteiger partial charge in [-0.3, -0.25) is 4.79 Å². The summed E-state index contributed by atoms with van der Waals surface area (Å²) in [6, 6.07) is 2.87. The van der Waals surface area contributed by atoms with E-state index in [1.807, 2.05) is 0 Å². The van der Waals surface area contributed by atoms with E-state index >= 15 is 0 Å². The lowest BCUT2D eigenvalue weighted by Crippen LogP contribution is -2.41. The summed E-state index contributed by atoms with van der Waals surface area (Å²) in [5, 5.41) is 8.84. The molecular formula is C11H13NO4. The van der Waals surface area contributed by atoms with Gasteiger partial charge in [0.15, 0.2) is 0 Å². The van der Waals surface area contributed by atoms with Crippen LogP contribution in [-0.2, 0) is 4.74 Å². The normalized spacial score (nSPS) is 23.8. The van der Waals surface area contributed by atoms with Crippen LogP contribution in [0.15, 0.2) is 23.1 Å². The molecule has 1 fully saturated rings. The van der Waals surface area contributed by atoms with Crippen molar-refractivity contribution < 1.29 is 14.6 Å². The largest absolute Gasteiger partial charge is 0.477 e. The standard InChI is InChI=1S/C11H13NO4/c1-16-9-5-4-8(9)12-6-2-3-7(10(12)13)11(14)15/h2-3,6,8-9H,4-5H2,1H3,(H,14,15)/t8?,9-/m0/s1. The van der Waals surface area contributed by atoms with Gasteiger partial charge in [-0.25, -0.2) is 4.79 Å². The molecule has 1 aliphatic carbocycles. The van der Waals surface area contributed by atoms with Crippen LogP contribution in [-0.4, -0.2) is 28.9 Å². The molecule has 5 heteroatoms. The third kappa shape index (κ3) is 1.63. The molecule has 0 amide bonds. The molecule has 1 saturated carbocycles. The van der Waals surface area contributed by atoms with E-state index in [9.17, 15) is 9.59 Å². The van der Waals surface area contributed by atoms with Gasteiger partial charge in [0, 0.05) is 13.3 Å². The highest BCUT2D eigenvalue weighted by Crippen LogP contribution is 2.33. The molecular weight excluding hydrogens is 210 g/mol. The Morgan fingerprint density at radius 1 is 1.56 bits per heavy atom. The van der Waals surface area contributed by atoms with Crippen LogP contribution >= 0.6 is 0 Å². The molecule has 1 N–H and O–H groups in total. The van der Waals surface area contributed by atoms with Crippen LogP contribution in [0.1, 0.15) is 29.2 Å². The van der Waals surface area contributed by atoms with Crippen molar-refractivity contribution in [2.24, 2.45) is 0 Å². The summed E-state index contributed by atoms with van der Waals surface area (Å²) in [5.74, 6) is -1.19. The van der Waals surface area contributed by atoms with E-state index < -0.39 is 11.5 Å². The van der Waals surface area contributed by atoms with Crippen LogP contribution in [0, 0.1) is 0 Å². The van der Waals surface area contributed by atoms with Gasteiger partial charge < -0.3 is 14.4 Å². The minimum absolute atomic E-state index is 0.0155. The summed E-state index contributed by atoms with van der Waals surface area (Å²) in [6.07, 6.45) is 3.39. The van der Waals surface area contributed by atoms with E-state index in [2.05, 4.69) is 0 Å². The number of aromatic nitrogens is 1. The molecule has 0 spiro atoms. The van der Waals surface area contributed by atoms with Gasteiger partial charge in [-0.05, 0) is 25.0 Å². The average molecular weight is 223 g/mol. The van der Waals surface area contributed by atoms with Crippen molar-refractivity contribution in [2.45, 2.75) is 25.0 Å². The number of ether oxygens (including phenoxy) is 1. The van der Waals surface area contributed by atoms with Crippen molar-refractivity contribution in [1.82, 2.24) is 4.57 Å². The lowest BCUT2D eigenvalue weighted by molar-refractivity contribution is -0.0105. The molecule has 0 radical (unpaired) electrons. The van der Waals surface area contributed by atoms with Gasteiger partial charge >= 0.3 is 5.97 Å². The number of methoxy groups -OCH3 is 1. The topological polar surface area (TPSA) is 68.5 Å². The third-order valence-corrected chi connectivity index (χ3v) is 3.04. The van der Waals surface area contributed by atoms with Gasteiger partial charge in [0.25, 0.3) is 5.56 Å². The maximum atomic E-state index is 11.8. The predicted molar refractivity (Wildman–Crippen MR) is 56.7 cm³/mol. The molecule has 0 aromatic carbocycles. The van der Waals surface area contributed by atoms with E-state index in [-0.39, 0.29) is 17.7 Å². The lowest BCUT2D eigenvalue weighted by Gasteiger charge is -2.36. The maximum Gasteiger partial charge on any atom is 0.341 e. The molecule has 1 aromatic heterocycles. The fourth-order valence-electron chi connectivity index (χ4n) is 1.98. The van der Waals surface area contributed by atoms with Crippen molar-refractivity contribution >= 4 is 5.97 Å². The van der Waals surface area contributed by atoms with E-state index in [1.165, 1.54) is 10.6 Å². The summed E-state index contributed by atoms with van der Waals surface area (Å²) in [7, 11) is 1.60. The predicted octanol–water partition coefficient (Wildman–Crippen LogP) is 0.896. The van der Waals surface area contributed by atoms with Crippen molar-refractivity contribution in [3.8, 4) is 0 Å². The number of carbonyl (C=O) groups is 1. The first kappa shape index (κ1) is 10.9. The summed E-state index contributed by atoms with van der Waals surface area (Å²) in [5.41, 5.74) is -0.647. The highest BCUT2D eigenvalue weighted by molar-refractivity contribution is 5.86. The number of carboxylic acid groups (broad SMARTS) is 1. The highest BCUT2D eigenvalue weighted by Gasteiger charge is 2.33. The zero-order chi connectivity index (χ0) is 11.7. The molecule has 0 bridgehead atoms. The monoisotopic (exact) mass is 223 g/mol. The second-order valence-electron chi connectivity index (χ2n) is 3.86. The maximum absolute atomic E-state index is 11.8. The molecule has 2 rings (SSSR count). The number of rotatable bonds is 3. The Labute approximate surface area is 92.3 Å². The fourth-order valence-corrected chi connectivity index (χ4v) is 1.98. The van der Waals surface area contributed by atoms with E-state index in [0.29, 0.717) is 0 Å². The lowest BCUT2D eigenvalue weighted by atomic mass is 9.88. The first-order valence-corrected chi connectivity index (χ1v) is 5.12. The fraction of sp³-hybridized carbons (Fsp3) is 0.455. The Kier molecular flexibility index (Phi) is 2.78. The number of hydrogen-bond donors (Lipinski definition) is 1. The summed E-state index contributed by atoms with van der Waals surface area (Å²) in [4.78, 5) is 22.6. The van der Waals surface area contributed by atoms with Crippen LogP contribution < -0.4 is 5.56 Å². The quantitative estimate of drug-likeness (QED) is 0.826. The summed E-state index contributed by atoms with van der Waals surface area (Å²) < 4.78 is 6.66. The molecule has 1 unspecified atom stereocenters. The molecule has 1 aliphatic rings. The number of nitrogens with zero attached hydrogens (tertiary/aromatic N) is 1. The molecule has 0 aliphatic heterocycles. The van der Waals surface area contributed by atoms with Gasteiger partial charge in [0.1, 0.15) is 5.56 Å². The second kappa shape index (κ2) is 4.09. The Hall–Kier alpha value is -1.62. The molecule has 1 aromatic rings. The van der Waals surface area contributed by atoms with E-state index in [0.717, 1.165) is 12.8 Å². The number of hydrogen-bond acceptors (Lipinski definition) is 3. The molecule has 2 atom stereocenters. The Morgan fingerprint density at radius 3 is 2.81 bits per heavy atom. The van der Waals surface area contributed by atoms with Gasteiger partial charge in [0.05, 0.1) is 12.1 Å². The van der Waals surface area contributed by atoms with Crippen LogP contribution in [0.4, 0.5) is 0 Å². The van der Waals surface area contributed by atoms with Gasteiger partial charge in [-0.1, -0.05) is 0 Å². The summed E-state index contributed by atoms with van der Waals surface area (Å²) in [6.45, 7) is 0. The molecule has 5 nitrogen and oxygen atoms in total. The van der Waals surface area contributed by atoms with Crippen molar-refractivity contribution in [2.75, 3.05) is 7.11 Å². The number of pyridine rings is 1. The van der Waals surface area contributed by atoms with Crippen molar-refractivity contribution in [3.05, 3.63) is 34.2 Å². The number of aromatic carboxylic acids is 1. The highest BCUT2D eigenvalue weighted by atomic mass is 16.5. The first-order valence-electron chi connectivity index (χ1n) is 5.12. The van der Waals surface area contributed by atoms with Crippen LogP contribution in [0.2, 0.25) is 0 Å². The van der Waals surface area contributed by atoms with Gasteiger partial charge in [-0.15, -0.1) is 0 Å². The van der Waals surface area contributed by atoms with Crippen LogP contribution in [0.25, 0.3) is 0 Å². The average Bonchev–Trinajstić information content (AvgIpc) is 2.19. The molecule has 1 heterocycles. The molecule has 86 valence electrons. The molecule has 16 heavy (non-hydrogen) atoms. The smallest absolute Gasteiger partial charge is 0.341 e. The van der Waals surface area contributed by atoms with Crippen molar-refractivity contribution in [1.29, 1.82) is 0 Å². The minimum Gasteiger partial charge on any atom is -0.477 e. The number of carboxylic acids is 1. The van der Waals surface area contributed by atoms with E-state index in [4.69, 9.17) is 9.84 Å². The van der Waals surface area contributed by atoms with Gasteiger partial charge in [0.2, 0.25) is 0 Å². The third-order valence-electron chi connectivity index (χ3n) is 3.04. The van der Waals surface area contributed by atoms with Gasteiger partial charge in [-0.2, -0.15) is 0 Å². The second-order valence-corrected chi connectivity index (χ2v) is 3.86. The zero-order valence-corrected chi connectivity index (χ0v) is 8.92. The Balaban J connectivity index is 2.39. The minimum atomic E-state index is -1.19. The van der Waals surface area contributed by atoms with E-state index in [1.54, 1.807) is 19.4 Å². The SMILES string of the molecule is CO[C@H]1CCC1n1cccc(C(=O)O)c1=O. The van der Waals surface area contributed by atoms with Crippen LogP contribution in [0.5, 0.6) is 0 Å². The van der Waals surface area contributed by atoms with Crippen molar-refractivity contribution in [3.63, 3.8) is 0 Å². The Bertz CT molecular complexity index is 463. The molecule has 0 saturated heterocycles. The summed E-state index contributed by atoms with van der Waals surface area (Å²) >= 11 is 0. The first-order chi connectivity index (χ1) is 7.65.